The minimum Gasteiger partial charge on any atom is -0.285 e. The second kappa shape index (κ2) is 3.16. The monoisotopic (exact) mass is 172 g/mol. The van der Waals surface area contributed by atoms with E-state index in [-0.39, 0.29) is 12.0 Å². The Labute approximate surface area is 56.5 Å². The van der Waals surface area contributed by atoms with Gasteiger partial charge in [-0.2, -0.15) is 12.0 Å². The summed E-state index contributed by atoms with van der Waals surface area (Å²) in [6.45, 7) is 1.11. The fraction of sp³-hybridized carbons (Fsp3) is 0.500. The van der Waals surface area contributed by atoms with Crippen molar-refractivity contribution < 1.29 is 21.4 Å². The van der Waals surface area contributed by atoms with Crippen molar-refractivity contribution in [3.05, 3.63) is 0 Å². The van der Waals surface area contributed by atoms with Gasteiger partial charge in [-0.05, 0) is 0 Å². The van der Waals surface area contributed by atoms with Crippen molar-refractivity contribution in [3.63, 3.8) is 0 Å². The molecule has 0 unspecified atom stereocenters. The van der Waals surface area contributed by atoms with Crippen LogP contribution in [0.4, 0.5) is 0 Å². The van der Waals surface area contributed by atoms with Gasteiger partial charge < -0.3 is 0 Å². The highest BCUT2D eigenvalue weighted by Gasteiger charge is 2.06. The van der Waals surface area contributed by atoms with Crippen molar-refractivity contribution in [3.8, 4) is 0 Å². The minimum absolute atomic E-state index is 0.0613. The highest BCUT2D eigenvalue weighted by molar-refractivity contribution is 8.14. The molecule has 0 aromatic heterocycles. The molecule has 0 aromatic rings. The Hall–Kier alpha value is -0.110. The largest absolute Gasteiger partial charge is 0.408 e. The third-order valence-electron chi connectivity index (χ3n) is 0.237. The molecule has 0 amide bonds. The van der Waals surface area contributed by atoms with Gasteiger partial charge in [0.1, 0.15) is 0 Å². The van der Waals surface area contributed by atoms with Crippen LogP contribution in [0.3, 0.4) is 0 Å². The summed E-state index contributed by atoms with van der Waals surface area (Å²) in [7, 11) is -4.48. The van der Waals surface area contributed by atoms with Crippen LogP contribution >= 0.6 is 12.0 Å². The zero-order valence-electron chi connectivity index (χ0n) is 4.40. The maximum atomic E-state index is 9.95. The van der Waals surface area contributed by atoms with Crippen LogP contribution in [0.5, 0.6) is 0 Å². The van der Waals surface area contributed by atoms with Gasteiger partial charge in [0.25, 0.3) is 0 Å². The Morgan fingerprint density at radius 2 is 2.11 bits per heavy atom. The predicted octanol–water partition coefficient (Wildman–Crippen LogP) is 0.000500. The van der Waals surface area contributed by atoms with Crippen LogP contribution in [-0.4, -0.2) is 18.1 Å². The van der Waals surface area contributed by atoms with Gasteiger partial charge in [0.15, 0.2) is 0 Å². The maximum absolute atomic E-state index is 9.95. The quantitative estimate of drug-likeness (QED) is 0.466. The van der Waals surface area contributed by atoms with Crippen molar-refractivity contribution in [1.82, 2.24) is 0 Å². The van der Waals surface area contributed by atoms with Gasteiger partial charge in [-0.1, -0.05) is 0 Å². The minimum atomic E-state index is -4.48. The van der Waals surface area contributed by atoms with Crippen molar-refractivity contribution in [2.45, 2.75) is 6.92 Å². The van der Waals surface area contributed by atoms with Crippen LogP contribution in [0, 0.1) is 0 Å². The molecule has 0 fully saturated rings. The summed E-state index contributed by atoms with van der Waals surface area (Å²) in [6, 6.07) is 0. The molecule has 0 bridgehead atoms. The zero-order chi connectivity index (χ0) is 7.49. The Bertz CT molecular complexity index is 191. The molecular formula is C2H4O5S2. The molecule has 0 saturated heterocycles. The Balaban J connectivity index is 3.67. The normalized spacial score (nSPS) is 11.3. The van der Waals surface area contributed by atoms with E-state index in [0.717, 1.165) is 6.92 Å². The molecule has 0 saturated carbocycles. The Kier molecular flexibility index (Phi) is 3.12. The van der Waals surface area contributed by atoms with Crippen LogP contribution < -0.4 is 0 Å². The van der Waals surface area contributed by atoms with E-state index in [4.69, 9.17) is 4.55 Å². The molecule has 9 heavy (non-hydrogen) atoms. The van der Waals surface area contributed by atoms with E-state index >= 15 is 0 Å². The van der Waals surface area contributed by atoms with Crippen LogP contribution in [0.25, 0.3) is 0 Å². The summed E-state index contributed by atoms with van der Waals surface area (Å²) in [6.07, 6.45) is 0. The Morgan fingerprint density at radius 1 is 1.67 bits per heavy atom. The van der Waals surface area contributed by atoms with Gasteiger partial charge in [0.2, 0.25) is 5.12 Å². The van der Waals surface area contributed by atoms with E-state index < -0.39 is 15.5 Å². The molecule has 5 nitrogen and oxygen atoms in total. The number of hydrogen-bond donors (Lipinski definition) is 1. The molecule has 0 spiro atoms. The lowest BCUT2D eigenvalue weighted by Crippen LogP contribution is -1.98. The van der Waals surface area contributed by atoms with Crippen molar-refractivity contribution >= 4 is 27.6 Å². The van der Waals surface area contributed by atoms with E-state index in [2.05, 4.69) is 3.63 Å². The number of rotatable bonds is 2. The van der Waals surface area contributed by atoms with Crippen LogP contribution in [0.1, 0.15) is 6.92 Å². The summed E-state index contributed by atoms with van der Waals surface area (Å²) in [5.41, 5.74) is 0. The Morgan fingerprint density at radius 3 is 2.22 bits per heavy atom. The third kappa shape index (κ3) is 7.89. The summed E-state index contributed by atoms with van der Waals surface area (Å²) in [4.78, 5) is 9.95. The maximum Gasteiger partial charge on any atom is 0.408 e. The number of carbonyl (C=O) groups excluding carboxylic acids is 1. The third-order valence-corrected chi connectivity index (χ3v) is 1.43. The number of carbonyl (C=O) groups is 1. The lowest BCUT2D eigenvalue weighted by molar-refractivity contribution is -0.109. The van der Waals surface area contributed by atoms with Crippen molar-refractivity contribution in [2.75, 3.05) is 0 Å². The first kappa shape index (κ1) is 8.89. The van der Waals surface area contributed by atoms with E-state index in [1.54, 1.807) is 0 Å². The molecular weight excluding hydrogens is 168 g/mol. The SMILES string of the molecule is CC(=O)SOS(=O)(=O)O. The molecule has 0 radical (unpaired) electrons. The van der Waals surface area contributed by atoms with Gasteiger partial charge in [0.05, 0.1) is 12.0 Å². The fourth-order valence-electron chi connectivity index (χ4n) is 0.0909. The topological polar surface area (TPSA) is 80.7 Å². The first-order valence-electron chi connectivity index (χ1n) is 1.76. The molecule has 0 aliphatic carbocycles. The standard InChI is InChI=1S/C2H4O5S2/c1-2(3)8-7-9(4,5)6/h1H3,(H,4,5,6). The van der Waals surface area contributed by atoms with Gasteiger partial charge in [-0.3, -0.25) is 9.35 Å². The summed E-state index contributed by atoms with van der Waals surface area (Å²) in [5, 5.41) is -0.548. The first-order chi connectivity index (χ1) is 3.92. The number of hydrogen-bond acceptors (Lipinski definition) is 5. The predicted molar refractivity (Wildman–Crippen MR) is 30.9 cm³/mol. The second-order valence-electron chi connectivity index (χ2n) is 1.07. The molecule has 0 heterocycles. The zero-order valence-corrected chi connectivity index (χ0v) is 6.03. The van der Waals surface area contributed by atoms with Gasteiger partial charge in [-0.15, -0.1) is 0 Å². The highest BCUT2D eigenvalue weighted by atomic mass is 32.3. The van der Waals surface area contributed by atoms with Gasteiger partial charge in [-0.25, -0.2) is 0 Å². The highest BCUT2D eigenvalue weighted by Crippen LogP contribution is 2.06. The molecule has 7 heteroatoms. The van der Waals surface area contributed by atoms with Crippen molar-refractivity contribution in [2.24, 2.45) is 0 Å². The summed E-state index contributed by atoms with van der Waals surface area (Å²) in [5.74, 6) is 0. The van der Waals surface area contributed by atoms with Gasteiger partial charge >= 0.3 is 10.4 Å². The average Bonchev–Trinajstić information content (AvgIpc) is 1.59. The van der Waals surface area contributed by atoms with E-state index in [9.17, 15) is 13.2 Å². The van der Waals surface area contributed by atoms with Crippen molar-refractivity contribution in [1.29, 1.82) is 0 Å². The molecule has 0 aromatic carbocycles. The van der Waals surface area contributed by atoms with E-state index in [0.29, 0.717) is 0 Å². The lowest BCUT2D eigenvalue weighted by Gasteiger charge is -1.90. The summed E-state index contributed by atoms with van der Waals surface area (Å²) < 4.78 is 30.8. The van der Waals surface area contributed by atoms with Crippen LogP contribution in [-0.2, 0) is 18.8 Å². The second-order valence-corrected chi connectivity index (χ2v) is 3.21. The average molecular weight is 172 g/mol. The lowest BCUT2D eigenvalue weighted by atomic mass is 10.9. The molecule has 0 aliphatic heterocycles. The van der Waals surface area contributed by atoms with E-state index in [1.807, 2.05) is 0 Å². The summed E-state index contributed by atoms with van der Waals surface area (Å²) >= 11 is 0.0613. The molecule has 1 N–H and O–H groups in total. The fourth-order valence-corrected chi connectivity index (χ4v) is 0.818. The molecule has 54 valence electrons. The first-order valence-corrected chi connectivity index (χ1v) is 3.86. The van der Waals surface area contributed by atoms with Crippen LogP contribution in [0.2, 0.25) is 0 Å². The smallest absolute Gasteiger partial charge is 0.285 e. The molecule has 0 rings (SSSR count). The van der Waals surface area contributed by atoms with Crippen LogP contribution in [0.15, 0.2) is 0 Å². The van der Waals surface area contributed by atoms with E-state index in [1.165, 1.54) is 0 Å². The van der Waals surface area contributed by atoms with Gasteiger partial charge in [0, 0.05) is 6.92 Å². The molecule has 0 atom stereocenters. The molecule has 0 aliphatic rings.